The molecule has 1 heterocycles. The SMILES string of the molecule is CC[C@@]1(c2ccccc2)NC(=O)N(Cc2cccc([N+](=O)[O-])c2)C1=O. The molecule has 3 rings (SSSR count). The molecule has 7 nitrogen and oxygen atoms in total. The highest BCUT2D eigenvalue weighted by Gasteiger charge is 2.51. The molecule has 0 aliphatic carbocycles. The molecule has 25 heavy (non-hydrogen) atoms. The summed E-state index contributed by atoms with van der Waals surface area (Å²) in [5.74, 6) is -0.349. The number of amides is 3. The van der Waals surface area contributed by atoms with E-state index in [4.69, 9.17) is 0 Å². The van der Waals surface area contributed by atoms with Crippen molar-refractivity contribution in [2.75, 3.05) is 0 Å². The molecule has 1 fully saturated rings. The highest BCUT2D eigenvalue weighted by molar-refractivity contribution is 6.07. The molecule has 1 aliphatic rings. The number of nitro benzene ring substituents is 1. The Labute approximate surface area is 144 Å². The first-order valence-electron chi connectivity index (χ1n) is 7.91. The van der Waals surface area contributed by atoms with Crippen LogP contribution in [0.25, 0.3) is 0 Å². The van der Waals surface area contributed by atoms with Crippen LogP contribution in [0.5, 0.6) is 0 Å². The zero-order valence-corrected chi connectivity index (χ0v) is 13.6. The van der Waals surface area contributed by atoms with E-state index in [9.17, 15) is 19.7 Å². The molecule has 2 aromatic carbocycles. The number of nitrogens with zero attached hydrogens (tertiary/aromatic N) is 2. The molecule has 2 aromatic rings. The third-order valence-corrected chi connectivity index (χ3v) is 4.43. The number of non-ortho nitro benzene ring substituents is 1. The minimum Gasteiger partial charge on any atom is -0.319 e. The Morgan fingerprint density at radius 1 is 1.12 bits per heavy atom. The predicted octanol–water partition coefficient (Wildman–Crippen LogP) is 2.95. The second-order valence-corrected chi connectivity index (χ2v) is 5.87. The van der Waals surface area contributed by atoms with E-state index in [2.05, 4.69) is 5.32 Å². The maximum atomic E-state index is 13.0. The van der Waals surface area contributed by atoms with Gasteiger partial charge >= 0.3 is 6.03 Å². The van der Waals surface area contributed by atoms with Gasteiger partial charge in [0, 0.05) is 12.1 Å². The number of nitrogens with one attached hydrogen (secondary N) is 1. The Kier molecular flexibility index (Phi) is 4.22. The highest BCUT2D eigenvalue weighted by Crippen LogP contribution is 2.33. The van der Waals surface area contributed by atoms with Crippen LogP contribution in [0, 0.1) is 10.1 Å². The first-order valence-corrected chi connectivity index (χ1v) is 7.91. The zero-order chi connectivity index (χ0) is 18.0. The molecule has 1 N–H and O–H groups in total. The molecule has 0 spiro atoms. The Morgan fingerprint density at radius 2 is 1.84 bits per heavy atom. The van der Waals surface area contributed by atoms with Crippen molar-refractivity contribution in [2.45, 2.75) is 25.4 Å². The molecule has 1 atom stereocenters. The van der Waals surface area contributed by atoms with Crippen molar-refractivity contribution in [1.29, 1.82) is 0 Å². The molecular formula is C18H17N3O4. The molecule has 0 unspecified atom stereocenters. The summed E-state index contributed by atoms with van der Waals surface area (Å²) in [4.78, 5) is 36.9. The van der Waals surface area contributed by atoms with Gasteiger partial charge in [0.25, 0.3) is 11.6 Å². The van der Waals surface area contributed by atoms with Gasteiger partial charge in [-0.1, -0.05) is 49.4 Å². The van der Waals surface area contributed by atoms with Crippen LogP contribution in [0.1, 0.15) is 24.5 Å². The largest absolute Gasteiger partial charge is 0.325 e. The van der Waals surface area contributed by atoms with Crippen molar-refractivity contribution in [2.24, 2.45) is 0 Å². The zero-order valence-electron chi connectivity index (χ0n) is 13.6. The number of rotatable bonds is 5. The van der Waals surface area contributed by atoms with Crippen LogP contribution >= 0.6 is 0 Å². The second kappa shape index (κ2) is 6.35. The van der Waals surface area contributed by atoms with Crippen molar-refractivity contribution in [3.05, 3.63) is 75.8 Å². The van der Waals surface area contributed by atoms with Crippen LogP contribution in [0.4, 0.5) is 10.5 Å². The lowest BCUT2D eigenvalue weighted by atomic mass is 9.87. The third kappa shape index (κ3) is 2.84. The molecule has 1 aliphatic heterocycles. The first-order chi connectivity index (χ1) is 12.0. The number of hydrogen-bond donors (Lipinski definition) is 1. The molecule has 1 saturated heterocycles. The Bertz CT molecular complexity index is 837. The van der Waals surface area contributed by atoms with E-state index in [-0.39, 0.29) is 18.1 Å². The van der Waals surface area contributed by atoms with Crippen LogP contribution in [0.2, 0.25) is 0 Å². The van der Waals surface area contributed by atoms with E-state index < -0.39 is 16.5 Å². The molecule has 0 radical (unpaired) electrons. The monoisotopic (exact) mass is 339 g/mol. The van der Waals surface area contributed by atoms with Crippen molar-refractivity contribution in [1.82, 2.24) is 10.2 Å². The van der Waals surface area contributed by atoms with E-state index >= 15 is 0 Å². The number of carbonyl (C=O) groups excluding carboxylic acids is 2. The van der Waals surface area contributed by atoms with Gasteiger partial charge in [-0.3, -0.25) is 19.8 Å². The number of imide groups is 1. The van der Waals surface area contributed by atoms with Gasteiger partial charge < -0.3 is 5.32 Å². The van der Waals surface area contributed by atoms with Crippen LogP contribution in [0.3, 0.4) is 0 Å². The third-order valence-electron chi connectivity index (χ3n) is 4.43. The minimum atomic E-state index is -1.10. The number of hydrogen-bond acceptors (Lipinski definition) is 4. The van der Waals surface area contributed by atoms with E-state index in [1.54, 1.807) is 18.2 Å². The van der Waals surface area contributed by atoms with Gasteiger partial charge in [-0.05, 0) is 17.5 Å². The van der Waals surface area contributed by atoms with E-state index in [0.29, 0.717) is 12.0 Å². The molecule has 128 valence electrons. The maximum Gasteiger partial charge on any atom is 0.325 e. The van der Waals surface area contributed by atoms with Gasteiger partial charge in [0.15, 0.2) is 0 Å². The smallest absolute Gasteiger partial charge is 0.319 e. The van der Waals surface area contributed by atoms with Crippen molar-refractivity contribution < 1.29 is 14.5 Å². The van der Waals surface area contributed by atoms with Gasteiger partial charge in [0.2, 0.25) is 0 Å². The van der Waals surface area contributed by atoms with Gasteiger partial charge in [-0.25, -0.2) is 4.79 Å². The van der Waals surface area contributed by atoms with Crippen LogP contribution in [0.15, 0.2) is 54.6 Å². The minimum absolute atomic E-state index is 0.0130. The fourth-order valence-electron chi connectivity index (χ4n) is 3.08. The first kappa shape index (κ1) is 16.6. The van der Waals surface area contributed by atoms with Crippen molar-refractivity contribution >= 4 is 17.6 Å². The number of benzene rings is 2. The summed E-state index contributed by atoms with van der Waals surface area (Å²) >= 11 is 0. The van der Waals surface area contributed by atoms with Gasteiger partial charge in [-0.2, -0.15) is 0 Å². The molecule has 0 saturated carbocycles. The fraction of sp³-hybridized carbons (Fsp3) is 0.222. The summed E-state index contributed by atoms with van der Waals surface area (Å²) in [6, 6.07) is 14.5. The molecule has 3 amide bonds. The quantitative estimate of drug-likeness (QED) is 0.515. The summed E-state index contributed by atoms with van der Waals surface area (Å²) in [5.41, 5.74) is 0.0726. The summed E-state index contributed by atoms with van der Waals surface area (Å²) in [7, 11) is 0. The van der Waals surface area contributed by atoms with Crippen LogP contribution < -0.4 is 5.32 Å². The van der Waals surface area contributed by atoms with E-state index in [1.165, 1.54) is 18.2 Å². The van der Waals surface area contributed by atoms with Gasteiger partial charge in [-0.15, -0.1) is 0 Å². The average molecular weight is 339 g/mol. The summed E-state index contributed by atoms with van der Waals surface area (Å²) < 4.78 is 0. The molecular weight excluding hydrogens is 322 g/mol. The summed E-state index contributed by atoms with van der Waals surface area (Å²) in [5, 5.41) is 13.7. The molecule has 0 aromatic heterocycles. The van der Waals surface area contributed by atoms with Crippen LogP contribution in [-0.2, 0) is 16.9 Å². The second-order valence-electron chi connectivity index (χ2n) is 5.87. The van der Waals surface area contributed by atoms with Crippen LogP contribution in [-0.4, -0.2) is 21.8 Å². The maximum absolute atomic E-state index is 13.0. The lowest BCUT2D eigenvalue weighted by Crippen LogP contribution is -2.43. The topological polar surface area (TPSA) is 92.6 Å². The predicted molar refractivity (Wildman–Crippen MR) is 90.6 cm³/mol. The Hall–Kier alpha value is -3.22. The normalized spacial score (nSPS) is 19.8. The fourth-order valence-corrected chi connectivity index (χ4v) is 3.08. The summed E-state index contributed by atoms with van der Waals surface area (Å²) in [6.07, 6.45) is 0.410. The number of urea groups is 1. The highest BCUT2D eigenvalue weighted by atomic mass is 16.6. The standard InChI is InChI=1S/C18H17N3O4/c1-2-18(14-8-4-3-5-9-14)16(22)20(17(23)19-18)12-13-7-6-10-15(11-13)21(24)25/h3-11H,2,12H2,1H3,(H,19,23)/t18-/m0/s1. The Morgan fingerprint density at radius 3 is 2.48 bits per heavy atom. The van der Waals surface area contributed by atoms with E-state index in [1.807, 2.05) is 25.1 Å². The number of nitro groups is 1. The van der Waals surface area contributed by atoms with Crippen molar-refractivity contribution in [3.63, 3.8) is 0 Å². The Balaban J connectivity index is 1.91. The molecule has 0 bridgehead atoms. The lowest BCUT2D eigenvalue weighted by Gasteiger charge is -2.25. The lowest BCUT2D eigenvalue weighted by molar-refractivity contribution is -0.384. The van der Waals surface area contributed by atoms with E-state index in [0.717, 1.165) is 10.5 Å². The van der Waals surface area contributed by atoms with Crippen molar-refractivity contribution in [3.8, 4) is 0 Å². The van der Waals surface area contributed by atoms with Gasteiger partial charge in [0.1, 0.15) is 5.54 Å². The molecule has 7 heteroatoms. The summed E-state index contributed by atoms with van der Waals surface area (Å²) in [6.45, 7) is 1.82. The average Bonchev–Trinajstić information content (AvgIpc) is 2.88. The number of carbonyl (C=O) groups is 2. The van der Waals surface area contributed by atoms with Gasteiger partial charge in [0.05, 0.1) is 11.5 Å².